The highest BCUT2D eigenvalue weighted by molar-refractivity contribution is 5.99. The monoisotopic (exact) mass is 286 g/mol. The molecule has 1 aromatic rings. The molecule has 0 aromatic heterocycles. The van der Waals surface area contributed by atoms with Crippen LogP contribution in [0.1, 0.15) is 5.56 Å². The van der Waals surface area contributed by atoms with E-state index in [1.165, 1.54) is 12.1 Å². The molecule has 1 amide bonds. The van der Waals surface area contributed by atoms with Crippen molar-refractivity contribution in [2.45, 2.75) is 12.5 Å². The van der Waals surface area contributed by atoms with Gasteiger partial charge in [0.05, 0.1) is 13.2 Å². The lowest BCUT2D eigenvalue weighted by Crippen LogP contribution is -2.52. The lowest BCUT2D eigenvalue weighted by molar-refractivity contribution is -0.123. The molecule has 1 fully saturated rings. The van der Waals surface area contributed by atoms with Gasteiger partial charge in [0.15, 0.2) is 0 Å². The number of rotatable bonds is 1. The molecule has 0 spiro atoms. The SMILES string of the molecule is Cl.O=C(C1COCCN1)N1CCc2ccc(F)cc21. The molecule has 0 saturated carbocycles. The Labute approximate surface area is 117 Å². The normalized spacial score (nSPS) is 21.7. The first-order valence-corrected chi connectivity index (χ1v) is 6.16. The van der Waals surface area contributed by atoms with Gasteiger partial charge in [-0.3, -0.25) is 4.79 Å². The molecule has 6 heteroatoms. The maximum absolute atomic E-state index is 13.3. The van der Waals surface area contributed by atoms with E-state index >= 15 is 0 Å². The lowest BCUT2D eigenvalue weighted by atomic mass is 10.1. The number of nitrogens with zero attached hydrogens (tertiary/aromatic N) is 1. The molecule has 0 radical (unpaired) electrons. The molecule has 19 heavy (non-hydrogen) atoms. The minimum Gasteiger partial charge on any atom is -0.378 e. The quantitative estimate of drug-likeness (QED) is 0.841. The fraction of sp³-hybridized carbons (Fsp3) is 0.462. The van der Waals surface area contributed by atoms with Crippen LogP contribution in [0.5, 0.6) is 0 Å². The zero-order chi connectivity index (χ0) is 12.5. The smallest absolute Gasteiger partial charge is 0.246 e. The molecule has 2 aliphatic heterocycles. The number of nitrogens with one attached hydrogen (secondary N) is 1. The number of carbonyl (C=O) groups is 1. The third-order valence-electron chi connectivity index (χ3n) is 3.43. The predicted molar refractivity (Wildman–Crippen MR) is 72.3 cm³/mol. The Hall–Kier alpha value is -1.17. The van der Waals surface area contributed by atoms with Crippen LogP contribution in [0.2, 0.25) is 0 Å². The zero-order valence-electron chi connectivity index (χ0n) is 10.4. The Kier molecular flexibility index (Phi) is 4.39. The van der Waals surface area contributed by atoms with Gasteiger partial charge in [0.2, 0.25) is 5.91 Å². The Balaban J connectivity index is 0.00000133. The number of ether oxygens (including phenoxy) is 1. The number of fused-ring (bicyclic) bond motifs is 1. The molecule has 2 heterocycles. The van der Waals surface area contributed by atoms with Gasteiger partial charge < -0.3 is 15.0 Å². The summed E-state index contributed by atoms with van der Waals surface area (Å²) in [4.78, 5) is 14.0. The van der Waals surface area contributed by atoms with E-state index in [1.807, 2.05) is 0 Å². The average molecular weight is 287 g/mol. The summed E-state index contributed by atoms with van der Waals surface area (Å²) in [6, 6.07) is 4.31. The maximum Gasteiger partial charge on any atom is 0.246 e. The first-order valence-electron chi connectivity index (χ1n) is 6.16. The molecule has 0 aliphatic carbocycles. The lowest BCUT2D eigenvalue weighted by Gasteiger charge is -2.27. The molecule has 1 saturated heterocycles. The second-order valence-electron chi connectivity index (χ2n) is 4.59. The second kappa shape index (κ2) is 5.86. The number of halogens is 2. The largest absolute Gasteiger partial charge is 0.378 e. The van der Waals surface area contributed by atoms with Gasteiger partial charge >= 0.3 is 0 Å². The molecular formula is C13H16ClFN2O2. The summed E-state index contributed by atoms with van der Waals surface area (Å²) >= 11 is 0. The molecule has 1 atom stereocenters. The maximum atomic E-state index is 13.3. The van der Waals surface area contributed by atoms with Crippen molar-refractivity contribution in [3.63, 3.8) is 0 Å². The van der Waals surface area contributed by atoms with Crippen LogP contribution in [0.25, 0.3) is 0 Å². The van der Waals surface area contributed by atoms with Gasteiger partial charge in [-0.1, -0.05) is 6.07 Å². The van der Waals surface area contributed by atoms with E-state index in [1.54, 1.807) is 11.0 Å². The van der Waals surface area contributed by atoms with Crippen LogP contribution in [0, 0.1) is 5.82 Å². The van der Waals surface area contributed by atoms with Crippen molar-refractivity contribution in [3.8, 4) is 0 Å². The van der Waals surface area contributed by atoms with Crippen molar-refractivity contribution in [2.24, 2.45) is 0 Å². The summed E-state index contributed by atoms with van der Waals surface area (Å²) in [5, 5.41) is 3.13. The fourth-order valence-electron chi connectivity index (χ4n) is 2.49. The molecule has 1 N–H and O–H groups in total. The summed E-state index contributed by atoms with van der Waals surface area (Å²) in [6.07, 6.45) is 0.787. The molecule has 3 rings (SSSR count). The Morgan fingerprint density at radius 1 is 1.47 bits per heavy atom. The zero-order valence-corrected chi connectivity index (χ0v) is 11.2. The predicted octanol–water partition coefficient (Wildman–Crippen LogP) is 1.12. The standard InChI is InChI=1S/C13H15FN2O2.ClH/c14-10-2-1-9-3-5-16(12(9)7-10)13(17)11-8-18-6-4-15-11;/h1-2,7,11,15H,3-6,8H2;1H. The summed E-state index contributed by atoms with van der Waals surface area (Å²) in [6.45, 7) is 2.32. The van der Waals surface area contributed by atoms with Gasteiger partial charge in [-0.2, -0.15) is 0 Å². The number of morpholine rings is 1. The van der Waals surface area contributed by atoms with Crippen molar-refractivity contribution in [1.29, 1.82) is 0 Å². The highest BCUT2D eigenvalue weighted by Gasteiger charge is 2.31. The topological polar surface area (TPSA) is 41.6 Å². The van der Waals surface area contributed by atoms with E-state index < -0.39 is 0 Å². The Morgan fingerprint density at radius 2 is 2.32 bits per heavy atom. The van der Waals surface area contributed by atoms with Crippen molar-refractivity contribution in [2.75, 3.05) is 31.2 Å². The second-order valence-corrected chi connectivity index (χ2v) is 4.59. The van der Waals surface area contributed by atoms with Crippen LogP contribution in [0.4, 0.5) is 10.1 Å². The molecule has 2 aliphatic rings. The number of hydrogen-bond acceptors (Lipinski definition) is 3. The molecular weight excluding hydrogens is 271 g/mol. The molecule has 4 nitrogen and oxygen atoms in total. The van der Waals surface area contributed by atoms with Crippen molar-refractivity contribution in [3.05, 3.63) is 29.6 Å². The van der Waals surface area contributed by atoms with E-state index in [2.05, 4.69) is 5.32 Å². The van der Waals surface area contributed by atoms with Crippen LogP contribution >= 0.6 is 12.4 Å². The number of hydrogen-bond donors (Lipinski definition) is 1. The van der Waals surface area contributed by atoms with E-state index in [4.69, 9.17) is 4.74 Å². The van der Waals surface area contributed by atoms with Gasteiger partial charge in [0.25, 0.3) is 0 Å². The third-order valence-corrected chi connectivity index (χ3v) is 3.43. The molecule has 1 aromatic carbocycles. The average Bonchev–Trinajstić information content (AvgIpc) is 2.82. The molecule has 1 unspecified atom stereocenters. The van der Waals surface area contributed by atoms with Crippen LogP contribution in [0.15, 0.2) is 18.2 Å². The summed E-state index contributed by atoms with van der Waals surface area (Å²) in [5.74, 6) is -0.333. The van der Waals surface area contributed by atoms with Crippen LogP contribution in [-0.2, 0) is 16.0 Å². The highest BCUT2D eigenvalue weighted by atomic mass is 35.5. The molecule has 104 valence electrons. The molecule has 0 bridgehead atoms. The number of benzene rings is 1. The van der Waals surface area contributed by atoms with E-state index in [0.717, 1.165) is 12.0 Å². The highest BCUT2D eigenvalue weighted by Crippen LogP contribution is 2.29. The number of carbonyl (C=O) groups excluding carboxylic acids is 1. The van der Waals surface area contributed by atoms with Crippen LogP contribution < -0.4 is 10.2 Å². The summed E-state index contributed by atoms with van der Waals surface area (Å²) in [5.41, 5.74) is 1.73. The number of anilines is 1. The van der Waals surface area contributed by atoms with Crippen molar-refractivity contribution in [1.82, 2.24) is 5.32 Å². The first kappa shape index (κ1) is 14.2. The van der Waals surface area contributed by atoms with Crippen LogP contribution in [0.3, 0.4) is 0 Å². The number of amides is 1. The van der Waals surface area contributed by atoms with Crippen LogP contribution in [-0.4, -0.2) is 38.3 Å². The minimum atomic E-state index is -0.312. The van der Waals surface area contributed by atoms with Gasteiger partial charge in [0.1, 0.15) is 11.9 Å². The summed E-state index contributed by atoms with van der Waals surface area (Å²) in [7, 11) is 0. The van der Waals surface area contributed by atoms with Gasteiger partial charge in [0, 0.05) is 18.8 Å². The summed E-state index contributed by atoms with van der Waals surface area (Å²) < 4.78 is 18.6. The van der Waals surface area contributed by atoms with Gasteiger partial charge in [-0.15, -0.1) is 12.4 Å². The van der Waals surface area contributed by atoms with E-state index in [9.17, 15) is 9.18 Å². The van der Waals surface area contributed by atoms with E-state index in [0.29, 0.717) is 32.0 Å². The minimum absolute atomic E-state index is 0. The Morgan fingerprint density at radius 3 is 3.05 bits per heavy atom. The van der Waals surface area contributed by atoms with E-state index in [-0.39, 0.29) is 30.2 Å². The fourth-order valence-corrected chi connectivity index (χ4v) is 2.49. The Bertz CT molecular complexity index is 478. The first-order chi connectivity index (χ1) is 8.75. The van der Waals surface area contributed by atoms with Crippen molar-refractivity contribution >= 4 is 24.0 Å². The third kappa shape index (κ3) is 2.73. The van der Waals surface area contributed by atoms with Gasteiger partial charge in [-0.05, 0) is 24.1 Å². The van der Waals surface area contributed by atoms with Crippen molar-refractivity contribution < 1.29 is 13.9 Å². The van der Waals surface area contributed by atoms with Gasteiger partial charge in [-0.25, -0.2) is 4.39 Å².